The third-order valence-corrected chi connectivity index (χ3v) is 3.19. The van der Waals surface area contributed by atoms with Crippen LogP contribution < -0.4 is 14.8 Å². The van der Waals surface area contributed by atoms with Crippen molar-refractivity contribution in [1.29, 1.82) is 0 Å². The van der Waals surface area contributed by atoms with Gasteiger partial charge in [0.15, 0.2) is 0 Å². The molecule has 0 fully saturated rings. The van der Waals surface area contributed by atoms with Crippen LogP contribution >= 0.6 is 0 Å². The molecule has 0 aliphatic rings. The predicted octanol–water partition coefficient (Wildman–Crippen LogP) is 3.77. The second-order valence-corrected chi connectivity index (χ2v) is 4.86. The Hall–Kier alpha value is -3.03. The summed E-state index contributed by atoms with van der Waals surface area (Å²) in [7, 11) is 3.00. The quantitative estimate of drug-likeness (QED) is 0.832. The number of carbonyl (C=O) groups excluding carboxylic acids is 1. The van der Waals surface area contributed by atoms with Crippen molar-refractivity contribution in [1.82, 2.24) is 4.98 Å². The number of ether oxygens (including phenoxy) is 2. The molecule has 1 aromatic heterocycles. The lowest BCUT2D eigenvalue weighted by atomic mass is 10.1. The second kappa shape index (κ2) is 7.69. The fraction of sp³-hybridized carbons (Fsp3) is 0.176. The van der Waals surface area contributed by atoms with Crippen molar-refractivity contribution in [2.24, 2.45) is 0 Å². The molecule has 0 aliphatic heterocycles. The van der Waals surface area contributed by atoms with Crippen LogP contribution in [-0.4, -0.2) is 25.1 Å². The first-order valence-electron chi connectivity index (χ1n) is 7.08. The fourth-order valence-electron chi connectivity index (χ4n) is 1.94. The van der Waals surface area contributed by atoms with Crippen LogP contribution in [0.5, 0.6) is 11.5 Å². The van der Waals surface area contributed by atoms with Crippen LogP contribution in [0.1, 0.15) is 11.1 Å². The number of benzene rings is 1. The molecule has 1 aromatic carbocycles. The van der Waals surface area contributed by atoms with Gasteiger partial charge in [0, 0.05) is 17.8 Å². The first-order chi connectivity index (χ1) is 11.8. The third-order valence-electron chi connectivity index (χ3n) is 3.19. The van der Waals surface area contributed by atoms with E-state index in [2.05, 4.69) is 10.3 Å². The molecule has 0 spiro atoms. The maximum atomic E-state index is 12.5. The maximum Gasteiger partial charge on any atom is 0.417 e. The lowest BCUT2D eigenvalue weighted by Gasteiger charge is -2.08. The topological polar surface area (TPSA) is 60.5 Å². The highest BCUT2D eigenvalue weighted by atomic mass is 19.4. The Kier molecular flexibility index (Phi) is 5.63. The fourth-order valence-corrected chi connectivity index (χ4v) is 1.94. The number of amides is 1. The molecule has 25 heavy (non-hydrogen) atoms. The van der Waals surface area contributed by atoms with Crippen molar-refractivity contribution >= 4 is 17.8 Å². The zero-order valence-corrected chi connectivity index (χ0v) is 13.4. The van der Waals surface area contributed by atoms with Crippen molar-refractivity contribution in [3.05, 3.63) is 53.7 Å². The molecule has 2 aromatic rings. The Morgan fingerprint density at radius 1 is 1.16 bits per heavy atom. The van der Waals surface area contributed by atoms with Crippen LogP contribution in [0, 0.1) is 0 Å². The number of aromatic nitrogens is 1. The molecular formula is C17H15F3N2O3. The zero-order valence-electron chi connectivity index (χ0n) is 13.4. The second-order valence-electron chi connectivity index (χ2n) is 4.86. The molecular weight excluding hydrogens is 337 g/mol. The van der Waals surface area contributed by atoms with Crippen LogP contribution in [0.2, 0.25) is 0 Å². The normalized spacial score (nSPS) is 11.4. The van der Waals surface area contributed by atoms with Crippen LogP contribution in [0.25, 0.3) is 6.08 Å². The van der Waals surface area contributed by atoms with E-state index in [1.807, 2.05) is 0 Å². The van der Waals surface area contributed by atoms with Crippen molar-refractivity contribution in [3.63, 3.8) is 0 Å². The molecule has 132 valence electrons. The Morgan fingerprint density at radius 2 is 1.92 bits per heavy atom. The number of anilines is 1. The van der Waals surface area contributed by atoms with Crippen molar-refractivity contribution in [2.45, 2.75) is 6.18 Å². The van der Waals surface area contributed by atoms with Gasteiger partial charge in [0.2, 0.25) is 5.91 Å². The van der Waals surface area contributed by atoms with E-state index in [0.29, 0.717) is 23.3 Å². The SMILES string of the molecule is COc1ccc(OC)c(/C=C/C(=O)Nc2ccc(C(F)(F)F)cn2)c1. The molecule has 0 atom stereocenters. The van der Waals surface area contributed by atoms with E-state index < -0.39 is 17.6 Å². The number of hydrogen-bond donors (Lipinski definition) is 1. The molecule has 5 nitrogen and oxygen atoms in total. The molecule has 1 amide bonds. The highest BCUT2D eigenvalue weighted by Crippen LogP contribution is 2.29. The average molecular weight is 352 g/mol. The summed E-state index contributed by atoms with van der Waals surface area (Å²) < 4.78 is 47.7. The van der Waals surface area contributed by atoms with E-state index in [0.717, 1.165) is 12.1 Å². The summed E-state index contributed by atoms with van der Waals surface area (Å²) in [5.74, 6) is 0.597. The lowest BCUT2D eigenvalue weighted by Crippen LogP contribution is -2.11. The minimum absolute atomic E-state index is 0.0141. The summed E-state index contributed by atoms with van der Waals surface area (Å²) in [5.41, 5.74) is -0.278. The summed E-state index contributed by atoms with van der Waals surface area (Å²) in [5, 5.41) is 2.38. The molecule has 0 unspecified atom stereocenters. The van der Waals surface area contributed by atoms with Crippen molar-refractivity contribution in [2.75, 3.05) is 19.5 Å². The number of carbonyl (C=O) groups is 1. The van der Waals surface area contributed by atoms with Gasteiger partial charge in [-0.1, -0.05) is 0 Å². The molecule has 0 radical (unpaired) electrons. The largest absolute Gasteiger partial charge is 0.497 e. The summed E-state index contributed by atoms with van der Waals surface area (Å²) in [6.07, 6.45) is -1.10. The Balaban J connectivity index is 2.08. The van der Waals surface area contributed by atoms with E-state index in [1.54, 1.807) is 18.2 Å². The number of rotatable bonds is 5. The van der Waals surface area contributed by atoms with Gasteiger partial charge in [0.05, 0.1) is 19.8 Å². The summed E-state index contributed by atoms with van der Waals surface area (Å²) in [4.78, 5) is 15.5. The van der Waals surface area contributed by atoms with Crippen LogP contribution in [0.4, 0.5) is 19.0 Å². The van der Waals surface area contributed by atoms with Gasteiger partial charge in [-0.05, 0) is 36.4 Å². The van der Waals surface area contributed by atoms with E-state index in [-0.39, 0.29) is 5.82 Å². The number of pyridine rings is 1. The van der Waals surface area contributed by atoms with Gasteiger partial charge in [-0.15, -0.1) is 0 Å². The van der Waals surface area contributed by atoms with Crippen molar-refractivity contribution < 1.29 is 27.4 Å². The van der Waals surface area contributed by atoms with Gasteiger partial charge >= 0.3 is 6.18 Å². The number of nitrogens with zero attached hydrogens (tertiary/aromatic N) is 1. The molecule has 0 saturated heterocycles. The highest BCUT2D eigenvalue weighted by molar-refractivity contribution is 6.01. The molecule has 0 bridgehead atoms. The van der Waals surface area contributed by atoms with Crippen LogP contribution in [0.3, 0.4) is 0 Å². The van der Waals surface area contributed by atoms with E-state index in [9.17, 15) is 18.0 Å². The third kappa shape index (κ3) is 4.97. The molecule has 1 N–H and O–H groups in total. The number of hydrogen-bond acceptors (Lipinski definition) is 4. The number of alkyl halides is 3. The van der Waals surface area contributed by atoms with E-state index >= 15 is 0 Å². The van der Waals surface area contributed by atoms with Gasteiger partial charge in [-0.2, -0.15) is 13.2 Å². The highest BCUT2D eigenvalue weighted by Gasteiger charge is 2.30. The zero-order chi connectivity index (χ0) is 18.4. The number of nitrogens with one attached hydrogen (secondary N) is 1. The summed E-state index contributed by atoms with van der Waals surface area (Å²) in [6, 6.07) is 7.01. The maximum absolute atomic E-state index is 12.5. The molecule has 2 rings (SSSR count). The Labute approximate surface area is 142 Å². The summed E-state index contributed by atoms with van der Waals surface area (Å²) in [6.45, 7) is 0. The van der Waals surface area contributed by atoms with Gasteiger partial charge in [-0.25, -0.2) is 4.98 Å². The van der Waals surface area contributed by atoms with Crippen LogP contribution in [0.15, 0.2) is 42.6 Å². The van der Waals surface area contributed by atoms with Gasteiger partial charge in [-0.3, -0.25) is 4.79 Å². The average Bonchev–Trinajstić information content (AvgIpc) is 2.59. The van der Waals surface area contributed by atoms with Crippen LogP contribution in [-0.2, 0) is 11.0 Å². The number of methoxy groups -OCH3 is 2. The molecule has 0 aliphatic carbocycles. The van der Waals surface area contributed by atoms with E-state index in [1.165, 1.54) is 26.4 Å². The summed E-state index contributed by atoms with van der Waals surface area (Å²) >= 11 is 0. The molecule has 8 heteroatoms. The smallest absolute Gasteiger partial charge is 0.417 e. The lowest BCUT2D eigenvalue weighted by molar-refractivity contribution is -0.137. The van der Waals surface area contributed by atoms with Gasteiger partial charge in [0.1, 0.15) is 17.3 Å². The molecule has 0 saturated carbocycles. The predicted molar refractivity (Wildman–Crippen MR) is 86.4 cm³/mol. The van der Waals surface area contributed by atoms with Crippen molar-refractivity contribution in [3.8, 4) is 11.5 Å². The van der Waals surface area contributed by atoms with E-state index in [4.69, 9.17) is 9.47 Å². The standard InChI is InChI=1S/C17H15F3N2O3/c1-24-13-5-6-14(25-2)11(9-13)3-8-16(23)22-15-7-4-12(10-21-15)17(18,19)20/h3-10H,1-2H3,(H,21,22,23)/b8-3+. The monoisotopic (exact) mass is 352 g/mol. The van der Waals surface area contributed by atoms with Gasteiger partial charge < -0.3 is 14.8 Å². The molecule has 1 heterocycles. The first-order valence-corrected chi connectivity index (χ1v) is 7.08. The number of halogens is 3. The Morgan fingerprint density at radius 3 is 2.48 bits per heavy atom. The minimum atomic E-state index is -4.47. The Bertz CT molecular complexity index is 772. The minimum Gasteiger partial charge on any atom is -0.497 e. The first kappa shape index (κ1) is 18.3. The van der Waals surface area contributed by atoms with Gasteiger partial charge in [0.25, 0.3) is 0 Å².